The number of aromatic nitrogens is 3. The summed E-state index contributed by atoms with van der Waals surface area (Å²) in [6, 6.07) is 13.5. The molecular formula is C20H23N5O6. The summed E-state index contributed by atoms with van der Waals surface area (Å²) >= 11 is 0. The summed E-state index contributed by atoms with van der Waals surface area (Å²) in [5.74, 6) is -2.87. The molecule has 2 atom stereocenters. The second-order valence-corrected chi connectivity index (χ2v) is 6.47. The molecule has 2 aromatic heterocycles. The van der Waals surface area contributed by atoms with E-state index in [4.69, 9.17) is 31.9 Å². The van der Waals surface area contributed by atoms with Crippen LogP contribution in [-0.2, 0) is 22.6 Å². The standard InChI is InChI=1S/C16H17N5.C4H6O6/c17-14-3-1-13(2-4-14)15-11-16(18)21(20-15)10-7-12-5-8-19-9-6-12;5-1(3(7)8)2(6)4(9)10/h1-6,8-9,11H,7,10,17-18H2;1-2,5-6H,(H,7,8)(H,9,10). The highest BCUT2D eigenvalue weighted by molar-refractivity contribution is 5.83. The number of aliphatic carboxylic acids is 2. The summed E-state index contributed by atoms with van der Waals surface area (Å²) in [5, 5.41) is 37.1. The summed E-state index contributed by atoms with van der Waals surface area (Å²) in [5.41, 5.74) is 15.6. The van der Waals surface area contributed by atoms with Gasteiger partial charge in [-0.05, 0) is 36.2 Å². The van der Waals surface area contributed by atoms with Crippen molar-refractivity contribution in [3.63, 3.8) is 0 Å². The SMILES string of the molecule is Nc1ccc(-c2cc(N)n(CCc3ccncc3)n2)cc1.O=C(O)C(O)C(O)C(=O)O. The van der Waals surface area contributed by atoms with Gasteiger partial charge in [0.15, 0.2) is 12.2 Å². The van der Waals surface area contributed by atoms with Crippen LogP contribution in [0.1, 0.15) is 5.56 Å². The molecule has 11 nitrogen and oxygen atoms in total. The maximum Gasteiger partial charge on any atom is 0.335 e. The molecule has 0 aliphatic rings. The van der Waals surface area contributed by atoms with Crippen LogP contribution in [0, 0.1) is 0 Å². The number of anilines is 2. The van der Waals surface area contributed by atoms with Crippen molar-refractivity contribution < 1.29 is 30.0 Å². The number of carboxylic acids is 2. The molecule has 164 valence electrons. The lowest BCUT2D eigenvalue weighted by Gasteiger charge is -2.07. The van der Waals surface area contributed by atoms with Gasteiger partial charge in [0.2, 0.25) is 0 Å². The quantitative estimate of drug-likeness (QED) is 0.283. The summed E-state index contributed by atoms with van der Waals surface area (Å²) in [6.45, 7) is 0.741. The Hall–Kier alpha value is -3.96. The molecule has 3 aromatic rings. The number of aryl methyl sites for hydroxylation is 2. The number of carboxylic acid groups (broad SMARTS) is 2. The molecule has 1 aromatic carbocycles. The zero-order valence-corrected chi connectivity index (χ0v) is 16.4. The lowest BCUT2D eigenvalue weighted by molar-refractivity contribution is -0.165. The molecular weight excluding hydrogens is 406 g/mol. The third-order valence-corrected chi connectivity index (χ3v) is 4.18. The van der Waals surface area contributed by atoms with Crippen LogP contribution >= 0.6 is 0 Å². The van der Waals surface area contributed by atoms with E-state index in [1.807, 2.05) is 47.1 Å². The van der Waals surface area contributed by atoms with Crippen LogP contribution < -0.4 is 11.5 Å². The van der Waals surface area contributed by atoms with Gasteiger partial charge in [-0.15, -0.1) is 0 Å². The molecule has 11 heteroatoms. The highest BCUT2D eigenvalue weighted by Gasteiger charge is 2.29. The largest absolute Gasteiger partial charge is 0.479 e. The predicted octanol–water partition coefficient (Wildman–Crippen LogP) is 0.230. The second-order valence-electron chi connectivity index (χ2n) is 6.47. The topological polar surface area (TPSA) is 198 Å². The average Bonchev–Trinajstić information content (AvgIpc) is 3.13. The molecule has 0 bridgehead atoms. The van der Waals surface area contributed by atoms with Gasteiger partial charge in [0.1, 0.15) is 5.82 Å². The van der Waals surface area contributed by atoms with E-state index < -0.39 is 24.1 Å². The Morgan fingerprint density at radius 1 is 0.935 bits per heavy atom. The number of nitrogen functional groups attached to an aromatic ring is 2. The average molecular weight is 429 g/mol. The molecule has 3 rings (SSSR count). The van der Waals surface area contributed by atoms with Crippen molar-refractivity contribution >= 4 is 23.4 Å². The minimum Gasteiger partial charge on any atom is -0.479 e. The second kappa shape index (κ2) is 10.7. The van der Waals surface area contributed by atoms with E-state index >= 15 is 0 Å². The lowest BCUT2D eigenvalue weighted by atomic mass is 10.1. The normalized spacial score (nSPS) is 12.3. The number of pyridine rings is 1. The van der Waals surface area contributed by atoms with Gasteiger partial charge in [0.25, 0.3) is 0 Å². The zero-order valence-electron chi connectivity index (χ0n) is 16.4. The van der Waals surface area contributed by atoms with E-state index in [1.54, 1.807) is 12.4 Å². The van der Waals surface area contributed by atoms with Gasteiger partial charge in [-0.2, -0.15) is 5.10 Å². The summed E-state index contributed by atoms with van der Waals surface area (Å²) in [4.78, 5) is 23.6. The Kier molecular flexibility index (Phi) is 8.06. The number of aliphatic hydroxyl groups is 2. The van der Waals surface area contributed by atoms with E-state index in [0.29, 0.717) is 5.82 Å². The molecule has 0 fully saturated rings. The maximum atomic E-state index is 9.77. The smallest absolute Gasteiger partial charge is 0.335 e. The van der Waals surface area contributed by atoms with E-state index in [1.165, 1.54) is 5.56 Å². The molecule has 0 saturated heterocycles. The summed E-state index contributed by atoms with van der Waals surface area (Å²) in [6.07, 6.45) is -0.0753. The van der Waals surface area contributed by atoms with Crippen molar-refractivity contribution in [2.75, 3.05) is 11.5 Å². The number of hydrogen-bond donors (Lipinski definition) is 6. The van der Waals surface area contributed by atoms with Crippen LogP contribution in [0.2, 0.25) is 0 Å². The molecule has 8 N–H and O–H groups in total. The van der Waals surface area contributed by atoms with Crippen LogP contribution in [0.15, 0.2) is 54.9 Å². The van der Waals surface area contributed by atoms with Crippen LogP contribution in [-0.4, -0.2) is 59.3 Å². The van der Waals surface area contributed by atoms with Crippen molar-refractivity contribution in [3.05, 3.63) is 60.4 Å². The Bertz CT molecular complexity index is 989. The minimum absolute atomic E-state index is 0.663. The summed E-state index contributed by atoms with van der Waals surface area (Å²) < 4.78 is 1.83. The van der Waals surface area contributed by atoms with E-state index in [2.05, 4.69) is 10.1 Å². The van der Waals surface area contributed by atoms with Gasteiger partial charge in [-0.3, -0.25) is 4.98 Å². The fourth-order valence-corrected chi connectivity index (χ4v) is 2.46. The molecule has 0 amide bonds. The van der Waals surface area contributed by atoms with E-state index in [-0.39, 0.29) is 0 Å². The van der Waals surface area contributed by atoms with Crippen LogP contribution in [0.25, 0.3) is 11.3 Å². The van der Waals surface area contributed by atoms with E-state index in [0.717, 1.165) is 29.9 Å². The monoisotopic (exact) mass is 429 g/mol. The Balaban J connectivity index is 0.000000291. The summed E-state index contributed by atoms with van der Waals surface area (Å²) in [7, 11) is 0. The van der Waals surface area contributed by atoms with Gasteiger partial charge in [-0.25, -0.2) is 14.3 Å². The van der Waals surface area contributed by atoms with Crippen LogP contribution in [0.4, 0.5) is 11.5 Å². The van der Waals surface area contributed by atoms with Gasteiger partial charge >= 0.3 is 11.9 Å². The Labute approximate surface area is 177 Å². The predicted molar refractivity (Wildman–Crippen MR) is 112 cm³/mol. The number of nitrogens with two attached hydrogens (primary N) is 2. The van der Waals surface area contributed by atoms with Gasteiger partial charge < -0.3 is 31.9 Å². The first kappa shape index (κ1) is 23.3. The lowest BCUT2D eigenvalue weighted by Crippen LogP contribution is -2.39. The molecule has 2 unspecified atom stereocenters. The first-order valence-corrected chi connectivity index (χ1v) is 9.09. The minimum atomic E-state index is -2.27. The van der Waals surface area contributed by atoms with Crippen molar-refractivity contribution in [3.8, 4) is 11.3 Å². The molecule has 31 heavy (non-hydrogen) atoms. The molecule has 0 spiro atoms. The van der Waals surface area contributed by atoms with E-state index in [9.17, 15) is 9.59 Å². The third-order valence-electron chi connectivity index (χ3n) is 4.18. The Morgan fingerprint density at radius 3 is 2.00 bits per heavy atom. The number of rotatable bonds is 7. The first-order valence-electron chi connectivity index (χ1n) is 9.09. The number of nitrogens with zero attached hydrogens (tertiary/aromatic N) is 3. The van der Waals surface area contributed by atoms with Crippen LogP contribution in [0.5, 0.6) is 0 Å². The van der Waals surface area contributed by atoms with Crippen molar-refractivity contribution in [2.24, 2.45) is 0 Å². The highest BCUT2D eigenvalue weighted by Crippen LogP contribution is 2.21. The van der Waals surface area contributed by atoms with Crippen molar-refractivity contribution in [1.29, 1.82) is 0 Å². The molecule has 0 aliphatic heterocycles. The molecule has 2 heterocycles. The Morgan fingerprint density at radius 2 is 1.48 bits per heavy atom. The maximum absolute atomic E-state index is 9.77. The van der Waals surface area contributed by atoms with Crippen molar-refractivity contribution in [2.45, 2.75) is 25.2 Å². The number of carbonyl (C=O) groups is 2. The zero-order chi connectivity index (χ0) is 23.0. The first-order chi connectivity index (χ1) is 14.7. The number of aliphatic hydroxyl groups excluding tert-OH is 2. The van der Waals surface area contributed by atoms with Gasteiger partial charge in [0.05, 0.1) is 5.69 Å². The fraction of sp³-hybridized carbons (Fsp3) is 0.200. The highest BCUT2D eigenvalue weighted by atomic mass is 16.4. The molecule has 0 aliphatic carbocycles. The van der Waals surface area contributed by atoms with Gasteiger partial charge in [-0.1, -0.05) is 12.1 Å². The van der Waals surface area contributed by atoms with Crippen LogP contribution in [0.3, 0.4) is 0 Å². The number of hydrogen-bond acceptors (Lipinski definition) is 8. The fourth-order valence-electron chi connectivity index (χ4n) is 2.46. The third kappa shape index (κ3) is 6.80. The number of benzene rings is 1. The molecule has 0 radical (unpaired) electrons. The molecule has 0 saturated carbocycles. The van der Waals surface area contributed by atoms with Crippen molar-refractivity contribution in [1.82, 2.24) is 14.8 Å². The van der Waals surface area contributed by atoms with Gasteiger partial charge in [0, 0.05) is 36.3 Å².